The third-order valence-corrected chi connectivity index (χ3v) is 5.61. The van der Waals surface area contributed by atoms with E-state index in [0.717, 1.165) is 36.9 Å². The molecule has 1 aliphatic carbocycles. The summed E-state index contributed by atoms with van der Waals surface area (Å²) >= 11 is 1.96. The number of hydrogen-bond donors (Lipinski definition) is 1. The maximum atomic E-state index is 6.20. The van der Waals surface area contributed by atoms with Crippen LogP contribution in [0.1, 0.15) is 43.4 Å². The van der Waals surface area contributed by atoms with E-state index in [0.29, 0.717) is 18.0 Å². The van der Waals surface area contributed by atoms with Gasteiger partial charge in [0.15, 0.2) is 5.82 Å². The van der Waals surface area contributed by atoms with Gasteiger partial charge in [0.05, 0.1) is 6.04 Å². The van der Waals surface area contributed by atoms with Crippen LogP contribution in [0.15, 0.2) is 4.52 Å². The van der Waals surface area contributed by atoms with Crippen molar-refractivity contribution in [1.29, 1.82) is 0 Å². The van der Waals surface area contributed by atoms with Crippen LogP contribution in [-0.2, 0) is 6.42 Å². The van der Waals surface area contributed by atoms with Crippen LogP contribution in [0.4, 0.5) is 0 Å². The minimum atomic E-state index is 0.297. The summed E-state index contributed by atoms with van der Waals surface area (Å²) in [6.07, 6.45) is 5.71. The summed E-state index contributed by atoms with van der Waals surface area (Å²) in [6.45, 7) is 1.09. The van der Waals surface area contributed by atoms with Crippen molar-refractivity contribution in [2.45, 2.75) is 44.2 Å². The van der Waals surface area contributed by atoms with Gasteiger partial charge in [0, 0.05) is 30.5 Å². The fourth-order valence-electron chi connectivity index (χ4n) is 3.16. The van der Waals surface area contributed by atoms with Gasteiger partial charge in [-0.2, -0.15) is 16.7 Å². The minimum absolute atomic E-state index is 0.297. The lowest BCUT2D eigenvalue weighted by molar-refractivity contribution is 0.253. The summed E-state index contributed by atoms with van der Waals surface area (Å²) in [6, 6.07) is 0.596. The van der Waals surface area contributed by atoms with Crippen LogP contribution in [0.2, 0.25) is 0 Å². The molecule has 3 atom stereocenters. The van der Waals surface area contributed by atoms with Crippen molar-refractivity contribution in [2.75, 3.05) is 25.1 Å². The highest BCUT2D eigenvalue weighted by molar-refractivity contribution is 7.99. The molecule has 2 N–H and O–H groups in total. The molecular weight excluding hydrogens is 272 g/mol. The van der Waals surface area contributed by atoms with E-state index in [9.17, 15) is 0 Å². The quantitative estimate of drug-likeness (QED) is 0.918. The van der Waals surface area contributed by atoms with E-state index in [2.05, 4.69) is 22.1 Å². The van der Waals surface area contributed by atoms with Crippen LogP contribution >= 0.6 is 11.8 Å². The first-order chi connectivity index (χ1) is 9.74. The first-order valence-corrected chi connectivity index (χ1v) is 8.75. The van der Waals surface area contributed by atoms with E-state index < -0.39 is 0 Å². The maximum absolute atomic E-state index is 6.20. The molecule has 2 fully saturated rings. The number of aromatic nitrogens is 2. The molecule has 0 aromatic carbocycles. The molecule has 3 rings (SSSR count). The fourth-order valence-corrected chi connectivity index (χ4v) is 4.37. The van der Waals surface area contributed by atoms with Gasteiger partial charge in [0.2, 0.25) is 5.89 Å². The molecule has 1 saturated carbocycles. The van der Waals surface area contributed by atoms with Crippen molar-refractivity contribution in [2.24, 2.45) is 11.7 Å². The summed E-state index contributed by atoms with van der Waals surface area (Å²) in [7, 11) is 2.14. The zero-order valence-electron chi connectivity index (χ0n) is 12.1. The molecule has 0 amide bonds. The molecule has 2 heterocycles. The third-order valence-electron chi connectivity index (χ3n) is 4.58. The number of thioether (sulfide) groups is 1. The fraction of sp³-hybridized carbons (Fsp3) is 0.857. The van der Waals surface area contributed by atoms with Gasteiger partial charge < -0.3 is 10.3 Å². The van der Waals surface area contributed by atoms with E-state index in [-0.39, 0.29) is 0 Å². The van der Waals surface area contributed by atoms with Gasteiger partial charge in [0.1, 0.15) is 0 Å². The van der Waals surface area contributed by atoms with Gasteiger partial charge in [-0.3, -0.25) is 4.90 Å². The molecule has 1 saturated heterocycles. The zero-order chi connectivity index (χ0) is 13.9. The number of rotatable bonds is 3. The van der Waals surface area contributed by atoms with E-state index in [1.807, 2.05) is 11.8 Å². The van der Waals surface area contributed by atoms with E-state index >= 15 is 0 Å². The van der Waals surface area contributed by atoms with Crippen molar-refractivity contribution in [3.63, 3.8) is 0 Å². The Hall–Kier alpha value is -0.590. The topological polar surface area (TPSA) is 68.2 Å². The van der Waals surface area contributed by atoms with E-state index in [1.165, 1.54) is 25.0 Å². The summed E-state index contributed by atoms with van der Waals surface area (Å²) in [5.41, 5.74) is 6.20. The Labute approximate surface area is 124 Å². The largest absolute Gasteiger partial charge is 0.339 e. The summed E-state index contributed by atoms with van der Waals surface area (Å²) < 4.78 is 5.46. The number of hydrogen-bond acceptors (Lipinski definition) is 6. The van der Waals surface area contributed by atoms with E-state index in [4.69, 9.17) is 10.3 Å². The highest BCUT2D eigenvalue weighted by Crippen LogP contribution is 2.28. The number of nitrogens with two attached hydrogens (primary N) is 1. The van der Waals surface area contributed by atoms with Gasteiger partial charge >= 0.3 is 0 Å². The van der Waals surface area contributed by atoms with Crippen LogP contribution in [0, 0.1) is 5.92 Å². The standard InChI is InChI=1S/C14H24N4OS/c1-18-6-7-20-9-12(18)14-16-13(19-17-14)8-10-4-2-3-5-11(10)15/h10-12H,2-9,15H2,1H3. The molecule has 1 aromatic rings. The van der Waals surface area contributed by atoms with Crippen molar-refractivity contribution in [1.82, 2.24) is 15.0 Å². The molecule has 5 nitrogen and oxygen atoms in total. The Morgan fingerprint density at radius 3 is 3.05 bits per heavy atom. The smallest absolute Gasteiger partial charge is 0.227 e. The monoisotopic (exact) mass is 296 g/mol. The summed E-state index contributed by atoms with van der Waals surface area (Å²) in [5.74, 6) is 4.37. The lowest BCUT2D eigenvalue weighted by Crippen LogP contribution is -2.34. The van der Waals surface area contributed by atoms with Crippen LogP contribution in [0.5, 0.6) is 0 Å². The minimum Gasteiger partial charge on any atom is -0.339 e. The first kappa shape index (κ1) is 14.4. The summed E-state index contributed by atoms with van der Waals surface area (Å²) in [5, 5.41) is 4.20. The maximum Gasteiger partial charge on any atom is 0.227 e. The van der Waals surface area contributed by atoms with Crippen LogP contribution in [0.25, 0.3) is 0 Å². The predicted molar refractivity (Wildman–Crippen MR) is 80.6 cm³/mol. The van der Waals surface area contributed by atoms with Gasteiger partial charge in [0.25, 0.3) is 0 Å². The van der Waals surface area contributed by atoms with Crippen molar-refractivity contribution in [3.8, 4) is 0 Å². The molecule has 2 aliphatic rings. The zero-order valence-corrected chi connectivity index (χ0v) is 12.9. The third kappa shape index (κ3) is 3.18. The Kier molecular flexibility index (Phi) is 4.63. The molecule has 0 spiro atoms. The van der Waals surface area contributed by atoms with Crippen molar-refractivity contribution < 1.29 is 4.52 Å². The normalized spacial score (nSPS) is 32.4. The van der Waals surface area contributed by atoms with Crippen molar-refractivity contribution in [3.05, 3.63) is 11.7 Å². The molecule has 1 aromatic heterocycles. The Balaban J connectivity index is 1.64. The SMILES string of the molecule is CN1CCSCC1c1noc(CC2CCCCC2N)n1. The van der Waals surface area contributed by atoms with Gasteiger partial charge in [-0.1, -0.05) is 18.0 Å². The average Bonchev–Trinajstić information content (AvgIpc) is 2.90. The second kappa shape index (κ2) is 6.45. The Bertz CT molecular complexity index is 439. The van der Waals surface area contributed by atoms with Crippen LogP contribution in [0.3, 0.4) is 0 Å². The Morgan fingerprint density at radius 1 is 1.40 bits per heavy atom. The van der Waals surface area contributed by atoms with Crippen LogP contribution < -0.4 is 5.73 Å². The Morgan fingerprint density at radius 2 is 2.25 bits per heavy atom. The first-order valence-electron chi connectivity index (χ1n) is 7.60. The lowest BCUT2D eigenvalue weighted by atomic mass is 9.83. The van der Waals surface area contributed by atoms with Gasteiger partial charge in [-0.25, -0.2) is 0 Å². The van der Waals surface area contributed by atoms with Crippen LogP contribution in [-0.4, -0.2) is 46.2 Å². The predicted octanol–water partition coefficient (Wildman–Crippen LogP) is 1.85. The highest BCUT2D eigenvalue weighted by Gasteiger charge is 2.28. The molecule has 0 bridgehead atoms. The molecule has 6 heteroatoms. The molecule has 20 heavy (non-hydrogen) atoms. The molecule has 112 valence electrons. The molecule has 3 unspecified atom stereocenters. The highest BCUT2D eigenvalue weighted by atomic mass is 32.2. The molecular formula is C14H24N4OS. The second-order valence-corrected chi connectivity index (χ2v) is 7.18. The molecule has 1 aliphatic heterocycles. The van der Waals surface area contributed by atoms with E-state index in [1.54, 1.807) is 0 Å². The second-order valence-electron chi connectivity index (χ2n) is 6.03. The number of nitrogens with zero attached hydrogens (tertiary/aromatic N) is 3. The lowest BCUT2D eigenvalue weighted by Gasteiger charge is -2.29. The summed E-state index contributed by atoms with van der Waals surface area (Å²) in [4.78, 5) is 6.94. The molecule has 0 radical (unpaired) electrons. The van der Waals surface area contributed by atoms with Gasteiger partial charge in [-0.05, 0) is 25.8 Å². The van der Waals surface area contributed by atoms with Gasteiger partial charge in [-0.15, -0.1) is 0 Å². The van der Waals surface area contributed by atoms with Crippen molar-refractivity contribution >= 4 is 11.8 Å². The average molecular weight is 296 g/mol.